The summed E-state index contributed by atoms with van der Waals surface area (Å²) in [6.07, 6.45) is -5.76. The maximum atomic E-state index is 12.3. The zero-order valence-corrected chi connectivity index (χ0v) is 15.6. The van der Waals surface area contributed by atoms with E-state index in [1.165, 1.54) is 35.6 Å². The summed E-state index contributed by atoms with van der Waals surface area (Å²) in [6.45, 7) is 0.161. The van der Waals surface area contributed by atoms with E-state index >= 15 is 0 Å². The molecule has 0 aliphatic carbocycles. The minimum absolute atomic E-state index is 0.161. The van der Waals surface area contributed by atoms with Crippen LogP contribution in [0.15, 0.2) is 59.4 Å². The van der Waals surface area contributed by atoms with E-state index in [9.17, 15) is 18.3 Å². The van der Waals surface area contributed by atoms with Gasteiger partial charge in [-0.3, -0.25) is 0 Å². The minimum Gasteiger partial charge on any atom is -0.406 e. The van der Waals surface area contributed by atoms with Crippen LogP contribution < -0.4 is 10.1 Å². The summed E-state index contributed by atoms with van der Waals surface area (Å²) in [5.74, 6) is 0.297. The first kappa shape index (κ1) is 19.2. The molecule has 4 aromatic rings. The number of fused-ring (bicyclic) bond motifs is 1. The Hall–Kier alpha value is -3.11. The van der Waals surface area contributed by atoms with Crippen LogP contribution in [0.1, 0.15) is 0 Å². The van der Waals surface area contributed by atoms with E-state index in [4.69, 9.17) is 0 Å². The molecule has 0 radical (unpaired) electrons. The first-order valence-corrected chi connectivity index (χ1v) is 9.47. The molecule has 6 nitrogen and oxygen atoms in total. The molecule has 1 unspecified atom stereocenters. The van der Waals surface area contributed by atoms with Gasteiger partial charge < -0.3 is 19.7 Å². The van der Waals surface area contributed by atoms with Gasteiger partial charge in [0.25, 0.3) is 0 Å². The molecule has 150 valence electrons. The van der Waals surface area contributed by atoms with Gasteiger partial charge in [-0.05, 0) is 36.4 Å². The molecule has 1 atom stereocenters. The van der Waals surface area contributed by atoms with Crippen LogP contribution in [-0.2, 0) is 6.54 Å². The lowest BCUT2D eigenvalue weighted by molar-refractivity contribution is -0.274. The topological polar surface area (TPSA) is 72.2 Å². The number of anilines is 1. The lowest BCUT2D eigenvalue weighted by atomic mass is 10.3. The van der Waals surface area contributed by atoms with Gasteiger partial charge in [0, 0.05) is 11.1 Å². The first-order chi connectivity index (χ1) is 13.9. The zero-order chi connectivity index (χ0) is 20.4. The molecule has 0 aliphatic rings. The lowest BCUT2D eigenvalue weighted by Gasteiger charge is -2.17. The van der Waals surface area contributed by atoms with Crippen molar-refractivity contribution in [3.8, 4) is 17.3 Å². The fourth-order valence-corrected chi connectivity index (χ4v) is 3.47. The Morgan fingerprint density at radius 3 is 2.59 bits per heavy atom. The van der Waals surface area contributed by atoms with Crippen molar-refractivity contribution in [2.45, 2.75) is 19.1 Å². The quantitative estimate of drug-likeness (QED) is 0.450. The fourth-order valence-electron chi connectivity index (χ4n) is 2.94. The average molecular weight is 420 g/mol. The summed E-state index contributed by atoms with van der Waals surface area (Å²) in [4.78, 5) is 8.91. The molecule has 4 rings (SSSR count). The van der Waals surface area contributed by atoms with E-state index in [0.29, 0.717) is 17.2 Å². The lowest BCUT2D eigenvalue weighted by Crippen LogP contribution is -2.25. The van der Waals surface area contributed by atoms with Crippen molar-refractivity contribution in [2.24, 2.45) is 0 Å². The molecule has 2 N–H and O–H groups in total. The largest absolute Gasteiger partial charge is 0.573 e. The van der Waals surface area contributed by atoms with Gasteiger partial charge in [0.2, 0.25) is 0 Å². The number of thiazole rings is 1. The number of hydrogen-bond donors (Lipinski definition) is 2. The predicted octanol–water partition coefficient (Wildman–Crippen LogP) is 4.49. The van der Waals surface area contributed by atoms with Gasteiger partial charge >= 0.3 is 6.36 Å². The number of halogens is 3. The van der Waals surface area contributed by atoms with Crippen molar-refractivity contribution in [1.82, 2.24) is 14.5 Å². The Bertz CT molecular complexity index is 1100. The van der Waals surface area contributed by atoms with Gasteiger partial charge in [-0.25, -0.2) is 9.97 Å². The summed E-state index contributed by atoms with van der Waals surface area (Å²) in [5, 5.41) is 15.3. The van der Waals surface area contributed by atoms with Crippen molar-refractivity contribution < 1.29 is 23.0 Å². The molecule has 0 fully saturated rings. The van der Waals surface area contributed by atoms with E-state index in [-0.39, 0.29) is 12.3 Å². The summed E-state index contributed by atoms with van der Waals surface area (Å²) >= 11 is 1.45. The second-order valence-corrected chi connectivity index (χ2v) is 6.86. The predicted molar refractivity (Wildman–Crippen MR) is 104 cm³/mol. The monoisotopic (exact) mass is 420 g/mol. The number of aliphatic hydroxyl groups excluding tert-OH is 1. The zero-order valence-electron chi connectivity index (χ0n) is 14.8. The van der Waals surface area contributed by atoms with Gasteiger partial charge in [-0.2, -0.15) is 0 Å². The number of ether oxygens (including phenoxy) is 1. The van der Waals surface area contributed by atoms with E-state index in [2.05, 4.69) is 20.0 Å². The molecular weight excluding hydrogens is 405 g/mol. The Morgan fingerprint density at radius 1 is 1.14 bits per heavy atom. The number of aliphatic hydroxyl groups is 1. The van der Waals surface area contributed by atoms with E-state index < -0.39 is 12.6 Å². The summed E-state index contributed by atoms with van der Waals surface area (Å²) in [7, 11) is 0. The molecule has 0 amide bonds. The van der Waals surface area contributed by atoms with Gasteiger partial charge in [-0.1, -0.05) is 12.1 Å². The Labute approximate surface area is 167 Å². The van der Waals surface area contributed by atoms with E-state index in [0.717, 1.165) is 11.0 Å². The number of alkyl halides is 3. The van der Waals surface area contributed by atoms with Crippen LogP contribution in [0, 0.1) is 0 Å². The third kappa shape index (κ3) is 4.49. The molecule has 0 aliphatic heterocycles. The van der Waals surface area contributed by atoms with Gasteiger partial charge in [-0.15, -0.1) is 24.5 Å². The second kappa shape index (κ2) is 7.72. The van der Waals surface area contributed by atoms with Crippen LogP contribution in [0.2, 0.25) is 0 Å². The van der Waals surface area contributed by atoms with Crippen LogP contribution in [0.3, 0.4) is 0 Å². The second-order valence-electron chi connectivity index (χ2n) is 6.14. The van der Waals surface area contributed by atoms with Crippen LogP contribution in [0.4, 0.5) is 18.9 Å². The van der Waals surface area contributed by atoms with Crippen LogP contribution in [0.5, 0.6) is 5.75 Å². The number of hydrogen-bond acceptors (Lipinski definition) is 6. The molecule has 29 heavy (non-hydrogen) atoms. The summed E-state index contributed by atoms with van der Waals surface area (Å²) in [6, 6.07) is 12.7. The maximum Gasteiger partial charge on any atom is 0.573 e. The molecular formula is C19H15F3N4O2S. The van der Waals surface area contributed by atoms with E-state index in [1.807, 2.05) is 34.2 Å². The normalized spacial score (nSPS) is 12.8. The number of benzene rings is 2. The van der Waals surface area contributed by atoms with Crippen molar-refractivity contribution in [3.05, 3.63) is 59.4 Å². The standard InChI is InChI=1S/C19H15F3N4O2S/c20-19(21,22)28-13-7-5-12(6-8-13)24-17(27)9-26-16-4-2-1-3-14(16)25-18(26)15-10-29-11-23-15/h1-8,10-11,17,24,27H,9H2. The molecule has 0 saturated carbocycles. The number of rotatable bonds is 6. The first-order valence-electron chi connectivity index (χ1n) is 8.53. The van der Waals surface area contributed by atoms with Gasteiger partial charge in [0.15, 0.2) is 5.82 Å². The van der Waals surface area contributed by atoms with Crippen molar-refractivity contribution in [3.63, 3.8) is 0 Å². The van der Waals surface area contributed by atoms with Crippen molar-refractivity contribution in [1.29, 1.82) is 0 Å². The van der Waals surface area contributed by atoms with Crippen LogP contribution >= 0.6 is 11.3 Å². The van der Waals surface area contributed by atoms with Crippen LogP contribution in [0.25, 0.3) is 22.6 Å². The molecule has 2 aromatic heterocycles. The molecule has 2 aromatic carbocycles. The number of imidazole rings is 1. The van der Waals surface area contributed by atoms with Crippen molar-refractivity contribution >= 4 is 28.1 Å². The maximum absolute atomic E-state index is 12.3. The number of aromatic nitrogens is 3. The number of nitrogens with one attached hydrogen (secondary N) is 1. The highest BCUT2D eigenvalue weighted by Gasteiger charge is 2.31. The molecule has 0 saturated heterocycles. The Kier molecular flexibility index (Phi) is 5.12. The highest BCUT2D eigenvalue weighted by molar-refractivity contribution is 7.07. The Balaban J connectivity index is 1.53. The third-order valence-corrected chi connectivity index (χ3v) is 4.68. The molecule has 10 heteroatoms. The molecule has 0 spiro atoms. The third-order valence-electron chi connectivity index (χ3n) is 4.09. The highest BCUT2D eigenvalue weighted by atomic mass is 32.1. The fraction of sp³-hybridized carbons (Fsp3) is 0.158. The minimum atomic E-state index is -4.75. The number of nitrogens with zero attached hydrogens (tertiary/aromatic N) is 3. The molecule has 0 bridgehead atoms. The SMILES string of the molecule is OC(Cn1c(-c2cscn2)nc2ccccc21)Nc1ccc(OC(F)(F)F)cc1. The Morgan fingerprint density at radius 2 is 1.90 bits per heavy atom. The summed E-state index contributed by atoms with van der Waals surface area (Å²) < 4.78 is 42.5. The smallest absolute Gasteiger partial charge is 0.406 e. The summed E-state index contributed by atoms with van der Waals surface area (Å²) in [5.41, 5.74) is 4.47. The average Bonchev–Trinajstić information content (AvgIpc) is 3.30. The van der Waals surface area contributed by atoms with Crippen molar-refractivity contribution in [2.75, 3.05) is 5.32 Å². The highest BCUT2D eigenvalue weighted by Crippen LogP contribution is 2.26. The number of para-hydroxylation sites is 2. The van der Waals surface area contributed by atoms with Gasteiger partial charge in [0.1, 0.15) is 17.7 Å². The van der Waals surface area contributed by atoms with E-state index in [1.54, 1.807) is 5.51 Å². The van der Waals surface area contributed by atoms with Gasteiger partial charge in [0.05, 0.1) is 23.1 Å². The molecule has 2 heterocycles. The van der Waals surface area contributed by atoms with Crippen LogP contribution in [-0.4, -0.2) is 32.2 Å².